The van der Waals surface area contributed by atoms with Crippen molar-refractivity contribution < 1.29 is 27.5 Å². The quantitative estimate of drug-likeness (QED) is 0.408. The second kappa shape index (κ2) is 10.0. The van der Waals surface area contributed by atoms with E-state index in [1.54, 1.807) is 6.07 Å². The van der Waals surface area contributed by atoms with Gasteiger partial charge in [-0.3, -0.25) is 19.6 Å². The van der Waals surface area contributed by atoms with Gasteiger partial charge in [-0.05, 0) is 41.5 Å². The summed E-state index contributed by atoms with van der Waals surface area (Å²) in [5.41, 5.74) is 0.493. The summed E-state index contributed by atoms with van der Waals surface area (Å²) < 4.78 is 47.9. The summed E-state index contributed by atoms with van der Waals surface area (Å²) in [4.78, 5) is 32.1. The van der Waals surface area contributed by atoms with E-state index in [1.807, 2.05) is 0 Å². The van der Waals surface area contributed by atoms with Crippen LogP contribution in [0.5, 0.6) is 11.5 Å². The number of anilines is 1. The molecule has 2 amide bonds. The predicted octanol–water partition coefficient (Wildman–Crippen LogP) is 4.97. The molecule has 2 aromatic carbocycles. The van der Waals surface area contributed by atoms with Crippen LogP contribution in [0, 0.1) is 17.5 Å². The van der Waals surface area contributed by atoms with Gasteiger partial charge in [-0.25, -0.2) is 13.2 Å². The number of benzene rings is 2. The summed E-state index contributed by atoms with van der Waals surface area (Å²) in [6.07, 6.45) is 2.67. The molecular formula is C25H17F3N4O3. The minimum absolute atomic E-state index is 0.0604. The van der Waals surface area contributed by atoms with Crippen molar-refractivity contribution in [1.29, 1.82) is 0 Å². The van der Waals surface area contributed by atoms with Gasteiger partial charge in [-0.2, -0.15) is 0 Å². The van der Waals surface area contributed by atoms with Gasteiger partial charge in [0.25, 0.3) is 11.8 Å². The number of nitrogens with one attached hydrogen (secondary N) is 2. The molecule has 0 atom stereocenters. The molecule has 2 N–H and O–H groups in total. The number of amides is 2. The highest BCUT2D eigenvalue weighted by molar-refractivity contribution is 6.03. The minimum atomic E-state index is -1.08. The fourth-order valence-corrected chi connectivity index (χ4v) is 3.15. The van der Waals surface area contributed by atoms with Gasteiger partial charge >= 0.3 is 0 Å². The van der Waals surface area contributed by atoms with Crippen molar-refractivity contribution in [1.82, 2.24) is 15.3 Å². The van der Waals surface area contributed by atoms with Crippen LogP contribution in [0.4, 0.5) is 18.9 Å². The monoisotopic (exact) mass is 478 g/mol. The number of carbonyl (C=O) groups is 2. The topological polar surface area (TPSA) is 93.2 Å². The van der Waals surface area contributed by atoms with Crippen LogP contribution in [-0.2, 0) is 0 Å². The largest absolute Gasteiger partial charge is 0.457 e. The zero-order valence-electron chi connectivity index (χ0n) is 18.2. The number of ether oxygens (including phenoxy) is 1. The normalized spacial score (nSPS) is 10.5. The number of hydrogen-bond donors (Lipinski definition) is 2. The van der Waals surface area contributed by atoms with E-state index < -0.39 is 35.0 Å². The molecule has 0 fully saturated rings. The molecule has 4 rings (SSSR count). The number of hydrogen-bond acceptors (Lipinski definition) is 5. The van der Waals surface area contributed by atoms with E-state index in [9.17, 15) is 22.8 Å². The van der Waals surface area contributed by atoms with Gasteiger partial charge in [0, 0.05) is 37.6 Å². The predicted molar refractivity (Wildman–Crippen MR) is 122 cm³/mol. The molecule has 7 nitrogen and oxygen atoms in total. The molecule has 2 aromatic heterocycles. The molecule has 0 saturated heterocycles. The Kier molecular flexibility index (Phi) is 6.72. The first kappa shape index (κ1) is 23.4. The van der Waals surface area contributed by atoms with Crippen LogP contribution in [0.3, 0.4) is 0 Å². The zero-order chi connectivity index (χ0) is 24.9. The van der Waals surface area contributed by atoms with Crippen molar-refractivity contribution in [2.75, 3.05) is 12.4 Å². The zero-order valence-corrected chi connectivity index (χ0v) is 18.2. The van der Waals surface area contributed by atoms with Crippen LogP contribution >= 0.6 is 0 Å². The first-order valence-corrected chi connectivity index (χ1v) is 10.2. The van der Waals surface area contributed by atoms with E-state index in [2.05, 4.69) is 20.6 Å². The first-order chi connectivity index (χ1) is 16.8. The molecule has 0 aliphatic rings. The van der Waals surface area contributed by atoms with Crippen LogP contribution in [0.2, 0.25) is 0 Å². The van der Waals surface area contributed by atoms with Gasteiger partial charge in [0.15, 0.2) is 11.6 Å². The van der Waals surface area contributed by atoms with Crippen molar-refractivity contribution >= 4 is 17.5 Å². The van der Waals surface area contributed by atoms with Crippen LogP contribution in [-0.4, -0.2) is 28.8 Å². The molecule has 0 bridgehead atoms. The summed E-state index contributed by atoms with van der Waals surface area (Å²) in [5, 5.41) is 4.58. The standard InChI is InChI=1S/C25H17F3N4O3/c1-29-24(33)22-13-17(7-9-31-22)35-18-11-19(27)23(20(28)12-18)32-25(34)21-10-15(6-8-30-21)14-2-4-16(26)5-3-14/h2-13H,1H3,(H,29,33)(H,32,34). The molecule has 10 heteroatoms. The Balaban J connectivity index is 1.53. The lowest BCUT2D eigenvalue weighted by Gasteiger charge is -2.11. The number of pyridine rings is 2. The van der Waals surface area contributed by atoms with Crippen molar-refractivity contribution in [2.45, 2.75) is 0 Å². The third-order valence-corrected chi connectivity index (χ3v) is 4.85. The second-order valence-electron chi connectivity index (χ2n) is 7.21. The fourth-order valence-electron chi connectivity index (χ4n) is 3.15. The van der Waals surface area contributed by atoms with Crippen molar-refractivity contribution in [3.63, 3.8) is 0 Å². The summed E-state index contributed by atoms with van der Waals surface area (Å²) in [7, 11) is 1.43. The van der Waals surface area contributed by atoms with E-state index in [-0.39, 0.29) is 22.9 Å². The molecule has 0 unspecified atom stereocenters. The Morgan fingerprint density at radius 3 is 2.03 bits per heavy atom. The van der Waals surface area contributed by atoms with Gasteiger partial charge in [0.1, 0.15) is 34.4 Å². The van der Waals surface area contributed by atoms with Gasteiger partial charge in [-0.1, -0.05) is 12.1 Å². The number of aromatic nitrogens is 2. The van der Waals surface area contributed by atoms with Gasteiger partial charge in [0.2, 0.25) is 0 Å². The Bertz CT molecular complexity index is 1390. The Labute approximate surface area is 197 Å². The molecule has 0 saturated carbocycles. The van der Waals surface area contributed by atoms with Crippen LogP contribution in [0.25, 0.3) is 11.1 Å². The molecule has 0 aliphatic carbocycles. The number of nitrogens with zero attached hydrogens (tertiary/aromatic N) is 2. The van der Waals surface area contributed by atoms with Gasteiger partial charge in [0.05, 0.1) is 0 Å². The highest BCUT2D eigenvalue weighted by atomic mass is 19.1. The number of carbonyl (C=O) groups excluding carboxylic acids is 2. The van der Waals surface area contributed by atoms with E-state index in [0.717, 1.165) is 12.1 Å². The maximum atomic E-state index is 14.7. The maximum absolute atomic E-state index is 14.7. The number of halogens is 3. The smallest absolute Gasteiger partial charge is 0.274 e. The SMILES string of the molecule is CNC(=O)c1cc(Oc2cc(F)c(NC(=O)c3cc(-c4ccc(F)cc4)ccn3)c(F)c2)ccn1. The Morgan fingerprint density at radius 1 is 0.743 bits per heavy atom. The first-order valence-electron chi connectivity index (χ1n) is 10.2. The molecule has 2 heterocycles. The van der Waals surface area contributed by atoms with E-state index in [0.29, 0.717) is 11.1 Å². The molecule has 176 valence electrons. The summed E-state index contributed by atoms with van der Waals surface area (Å²) in [5.74, 6) is -3.92. The van der Waals surface area contributed by atoms with Crippen LogP contribution in [0.15, 0.2) is 73.1 Å². The average molecular weight is 478 g/mol. The third kappa shape index (κ3) is 5.44. The average Bonchev–Trinajstić information content (AvgIpc) is 2.86. The number of rotatable bonds is 6. The lowest BCUT2D eigenvalue weighted by Crippen LogP contribution is -2.19. The molecule has 0 aliphatic heterocycles. The fraction of sp³-hybridized carbons (Fsp3) is 0.0400. The van der Waals surface area contributed by atoms with Gasteiger partial charge < -0.3 is 15.4 Å². The van der Waals surface area contributed by atoms with Crippen molar-refractivity contribution in [3.05, 3.63) is 102 Å². The van der Waals surface area contributed by atoms with E-state index in [4.69, 9.17) is 4.74 Å². The molecule has 35 heavy (non-hydrogen) atoms. The third-order valence-electron chi connectivity index (χ3n) is 4.85. The lowest BCUT2D eigenvalue weighted by molar-refractivity contribution is 0.0957. The second-order valence-corrected chi connectivity index (χ2v) is 7.21. The van der Waals surface area contributed by atoms with E-state index >= 15 is 0 Å². The van der Waals surface area contributed by atoms with Gasteiger partial charge in [-0.15, -0.1) is 0 Å². The summed E-state index contributed by atoms with van der Waals surface area (Å²) in [6.45, 7) is 0. The lowest BCUT2D eigenvalue weighted by atomic mass is 10.1. The minimum Gasteiger partial charge on any atom is -0.457 e. The summed E-state index contributed by atoms with van der Waals surface area (Å²) in [6, 6.07) is 13.2. The molecule has 4 aromatic rings. The van der Waals surface area contributed by atoms with Crippen molar-refractivity contribution in [2.24, 2.45) is 0 Å². The van der Waals surface area contributed by atoms with Crippen LogP contribution in [0.1, 0.15) is 21.0 Å². The Morgan fingerprint density at radius 2 is 1.37 bits per heavy atom. The summed E-state index contributed by atoms with van der Waals surface area (Å²) >= 11 is 0. The maximum Gasteiger partial charge on any atom is 0.274 e. The molecule has 0 radical (unpaired) electrons. The highest BCUT2D eigenvalue weighted by Crippen LogP contribution is 2.29. The van der Waals surface area contributed by atoms with Crippen LogP contribution < -0.4 is 15.4 Å². The Hall–Kier alpha value is -4.73. The molecular weight excluding hydrogens is 461 g/mol. The highest BCUT2D eigenvalue weighted by Gasteiger charge is 2.18. The van der Waals surface area contributed by atoms with E-state index in [1.165, 1.54) is 61.9 Å². The molecule has 0 spiro atoms. The van der Waals surface area contributed by atoms with Crippen molar-refractivity contribution in [3.8, 4) is 22.6 Å².